The van der Waals surface area contributed by atoms with Crippen LogP contribution in [0.4, 0.5) is 0 Å². The average molecular weight is 497 g/mol. The Hall–Kier alpha value is -2.86. The smallest absolute Gasteiger partial charge is 0.261 e. The fraction of sp³-hybridized carbons (Fsp3) is 0.308. The van der Waals surface area contributed by atoms with Crippen LogP contribution >= 0.6 is 15.9 Å². The molecule has 1 N–H and O–H groups in total. The number of rotatable bonds is 8. The highest BCUT2D eigenvalue weighted by molar-refractivity contribution is 9.10. The molecule has 2 amide bonds. The lowest BCUT2D eigenvalue weighted by Crippen LogP contribution is -2.50. The van der Waals surface area contributed by atoms with E-state index in [1.165, 1.54) is 0 Å². The van der Waals surface area contributed by atoms with Gasteiger partial charge in [-0.15, -0.1) is 0 Å². The van der Waals surface area contributed by atoms with E-state index in [0.29, 0.717) is 12.3 Å². The Morgan fingerprint density at radius 3 is 2.41 bits per heavy atom. The fourth-order valence-corrected chi connectivity index (χ4v) is 4.11. The van der Waals surface area contributed by atoms with Gasteiger partial charge in [0.15, 0.2) is 6.61 Å². The molecule has 0 aliphatic carbocycles. The first kappa shape index (κ1) is 23.8. The summed E-state index contributed by atoms with van der Waals surface area (Å²) >= 11 is 3.60. The minimum atomic E-state index is -0.631. The van der Waals surface area contributed by atoms with E-state index in [4.69, 9.17) is 4.74 Å². The summed E-state index contributed by atoms with van der Waals surface area (Å²) in [5.41, 5.74) is 2.07. The normalized spacial score (nSPS) is 11.9. The van der Waals surface area contributed by atoms with Crippen LogP contribution in [0.1, 0.15) is 31.9 Å². The first-order chi connectivity index (χ1) is 15.3. The number of hydrogen-bond donors (Lipinski definition) is 1. The molecule has 1 atom stereocenters. The largest absolute Gasteiger partial charge is 0.483 e. The maximum Gasteiger partial charge on any atom is 0.261 e. The summed E-state index contributed by atoms with van der Waals surface area (Å²) in [4.78, 5) is 27.5. The van der Waals surface area contributed by atoms with Gasteiger partial charge in [-0.05, 0) is 71.6 Å². The van der Waals surface area contributed by atoms with E-state index in [0.717, 1.165) is 26.4 Å². The summed E-state index contributed by atoms with van der Waals surface area (Å²) in [6.45, 7) is 7.72. The first-order valence-corrected chi connectivity index (χ1v) is 11.5. The zero-order valence-corrected chi connectivity index (χ0v) is 20.5. The first-order valence-electron chi connectivity index (χ1n) is 10.7. The summed E-state index contributed by atoms with van der Waals surface area (Å²) < 4.78 is 6.70. The van der Waals surface area contributed by atoms with Gasteiger partial charge in [0, 0.05) is 12.6 Å². The predicted octanol–water partition coefficient (Wildman–Crippen LogP) is 5.23. The third kappa shape index (κ3) is 5.68. The van der Waals surface area contributed by atoms with Gasteiger partial charge >= 0.3 is 0 Å². The zero-order valence-electron chi connectivity index (χ0n) is 18.9. The van der Waals surface area contributed by atoms with Crippen LogP contribution in [0.3, 0.4) is 0 Å². The number of ether oxygens (including phenoxy) is 1. The second kappa shape index (κ2) is 10.6. The number of carbonyl (C=O) groups excluding carboxylic acids is 2. The van der Waals surface area contributed by atoms with Gasteiger partial charge < -0.3 is 15.0 Å². The maximum atomic E-state index is 13.2. The molecule has 3 aromatic rings. The number of benzene rings is 3. The van der Waals surface area contributed by atoms with E-state index < -0.39 is 6.04 Å². The van der Waals surface area contributed by atoms with E-state index in [-0.39, 0.29) is 24.5 Å². The Morgan fingerprint density at radius 1 is 1.00 bits per heavy atom. The second-order valence-electron chi connectivity index (χ2n) is 8.17. The molecule has 0 aromatic heterocycles. The summed E-state index contributed by atoms with van der Waals surface area (Å²) in [7, 11) is 0. The van der Waals surface area contributed by atoms with Crippen LogP contribution < -0.4 is 10.1 Å². The second-order valence-corrected chi connectivity index (χ2v) is 8.97. The van der Waals surface area contributed by atoms with Crippen molar-refractivity contribution in [1.29, 1.82) is 0 Å². The number of fused-ring (bicyclic) bond motifs is 1. The van der Waals surface area contributed by atoms with Crippen molar-refractivity contribution in [2.45, 2.75) is 46.3 Å². The van der Waals surface area contributed by atoms with E-state index in [1.807, 2.05) is 81.4 Å². The van der Waals surface area contributed by atoms with E-state index >= 15 is 0 Å². The van der Waals surface area contributed by atoms with E-state index in [1.54, 1.807) is 11.8 Å². The van der Waals surface area contributed by atoms with Crippen molar-refractivity contribution in [3.8, 4) is 5.75 Å². The van der Waals surface area contributed by atoms with Gasteiger partial charge in [-0.2, -0.15) is 0 Å². The van der Waals surface area contributed by atoms with Crippen LogP contribution in [0.25, 0.3) is 10.8 Å². The minimum Gasteiger partial charge on any atom is -0.483 e. The summed E-state index contributed by atoms with van der Waals surface area (Å²) in [6.07, 6.45) is 0. The Bertz CT molecular complexity index is 1110. The molecule has 32 heavy (non-hydrogen) atoms. The van der Waals surface area contributed by atoms with Crippen LogP contribution in [0, 0.1) is 6.92 Å². The quantitative estimate of drug-likeness (QED) is 0.464. The van der Waals surface area contributed by atoms with Gasteiger partial charge in [-0.3, -0.25) is 9.59 Å². The van der Waals surface area contributed by atoms with Crippen molar-refractivity contribution in [3.63, 3.8) is 0 Å². The number of halogens is 1. The third-order valence-electron chi connectivity index (χ3n) is 5.38. The Morgan fingerprint density at radius 2 is 1.69 bits per heavy atom. The monoisotopic (exact) mass is 496 g/mol. The predicted molar refractivity (Wildman–Crippen MR) is 132 cm³/mol. The highest BCUT2D eigenvalue weighted by Gasteiger charge is 2.27. The van der Waals surface area contributed by atoms with Crippen LogP contribution in [-0.2, 0) is 16.1 Å². The van der Waals surface area contributed by atoms with Crippen molar-refractivity contribution in [2.24, 2.45) is 0 Å². The molecule has 0 saturated carbocycles. The topological polar surface area (TPSA) is 58.6 Å². The van der Waals surface area contributed by atoms with Crippen LogP contribution in [0.5, 0.6) is 5.75 Å². The maximum absolute atomic E-state index is 13.2. The summed E-state index contributed by atoms with van der Waals surface area (Å²) in [5.74, 6) is 0.153. The number of amides is 2. The number of hydrogen-bond acceptors (Lipinski definition) is 3. The van der Waals surface area contributed by atoms with Gasteiger partial charge in [0.05, 0.1) is 4.47 Å². The molecule has 0 fully saturated rings. The molecule has 0 saturated heterocycles. The highest BCUT2D eigenvalue weighted by atomic mass is 79.9. The summed E-state index contributed by atoms with van der Waals surface area (Å²) in [6, 6.07) is 19.0. The number of nitrogens with zero attached hydrogens (tertiary/aromatic N) is 1. The van der Waals surface area contributed by atoms with Crippen molar-refractivity contribution < 1.29 is 14.3 Å². The molecule has 0 spiro atoms. The molecule has 168 valence electrons. The fourth-order valence-electron chi connectivity index (χ4n) is 3.51. The summed E-state index contributed by atoms with van der Waals surface area (Å²) in [5, 5.41) is 4.99. The molecule has 0 heterocycles. The third-order valence-corrected chi connectivity index (χ3v) is 6.20. The lowest BCUT2D eigenvalue weighted by molar-refractivity contribution is -0.142. The number of nitrogens with one attached hydrogen (secondary N) is 1. The molecule has 0 bridgehead atoms. The SMILES string of the molecule is Cc1ccccc1CN(C(=O)COc1ccc2ccccc2c1Br)[C@@H](C)C(=O)NC(C)C. The standard InChI is InChI=1S/C26H29BrN2O3/c1-17(2)28-26(31)19(4)29(15-21-11-6-5-9-18(21)3)24(30)16-32-23-14-13-20-10-7-8-12-22(20)25(23)27/h5-14,17,19H,15-16H2,1-4H3,(H,28,31)/t19-/m0/s1. The van der Waals surface area contributed by atoms with Crippen LogP contribution in [0.2, 0.25) is 0 Å². The molecule has 0 aliphatic rings. The van der Waals surface area contributed by atoms with E-state index in [2.05, 4.69) is 21.2 Å². The van der Waals surface area contributed by atoms with Crippen molar-refractivity contribution in [2.75, 3.05) is 6.61 Å². The molecule has 5 nitrogen and oxygen atoms in total. The molecule has 3 rings (SSSR count). The molecular formula is C26H29BrN2O3. The molecule has 0 radical (unpaired) electrons. The van der Waals surface area contributed by atoms with Gasteiger partial charge in [-0.25, -0.2) is 0 Å². The number of aryl methyl sites for hydroxylation is 1. The van der Waals surface area contributed by atoms with Crippen molar-refractivity contribution in [1.82, 2.24) is 10.2 Å². The Labute approximate surface area is 197 Å². The minimum absolute atomic E-state index is 0.00910. The van der Waals surface area contributed by atoms with Gasteiger partial charge in [0.2, 0.25) is 5.91 Å². The van der Waals surface area contributed by atoms with Gasteiger partial charge in [-0.1, -0.05) is 54.6 Å². The van der Waals surface area contributed by atoms with Gasteiger partial charge in [0.1, 0.15) is 11.8 Å². The number of carbonyl (C=O) groups is 2. The van der Waals surface area contributed by atoms with Crippen LogP contribution in [0.15, 0.2) is 65.1 Å². The van der Waals surface area contributed by atoms with Crippen molar-refractivity contribution in [3.05, 3.63) is 76.3 Å². The highest BCUT2D eigenvalue weighted by Crippen LogP contribution is 2.33. The molecular weight excluding hydrogens is 468 g/mol. The lowest BCUT2D eigenvalue weighted by Gasteiger charge is -2.30. The van der Waals surface area contributed by atoms with Crippen molar-refractivity contribution >= 4 is 38.5 Å². The van der Waals surface area contributed by atoms with Gasteiger partial charge in [0.25, 0.3) is 5.91 Å². The molecule has 6 heteroatoms. The average Bonchev–Trinajstić information content (AvgIpc) is 2.77. The zero-order chi connectivity index (χ0) is 23.3. The Balaban J connectivity index is 1.80. The molecule has 0 aliphatic heterocycles. The van der Waals surface area contributed by atoms with Crippen LogP contribution in [-0.4, -0.2) is 35.4 Å². The molecule has 3 aromatic carbocycles. The lowest BCUT2D eigenvalue weighted by atomic mass is 10.1. The van der Waals surface area contributed by atoms with E-state index in [9.17, 15) is 9.59 Å². The molecule has 0 unspecified atom stereocenters. The Kier molecular flexibility index (Phi) is 7.91.